The van der Waals surface area contributed by atoms with Crippen LogP contribution in [-0.2, 0) is 22.7 Å². The maximum atomic E-state index is 12.9. The van der Waals surface area contributed by atoms with Crippen LogP contribution in [0, 0.1) is 0 Å². The molecule has 0 spiro atoms. The summed E-state index contributed by atoms with van der Waals surface area (Å²) in [5.41, 5.74) is 3.93. The largest absolute Gasteiger partial charge is 0.322 e. The van der Waals surface area contributed by atoms with E-state index in [4.69, 9.17) is 0 Å². The molecule has 2 fully saturated rings. The second-order valence-electron chi connectivity index (χ2n) is 8.37. The van der Waals surface area contributed by atoms with Crippen molar-refractivity contribution in [2.45, 2.75) is 38.0 Å². The van der Waals surface area contributed by atoms with Gasteiger partial charge in [-0.25, -0.2) is 0 Å². The first-order valence-corrected chi connectivity index (χ1v) is 10.7. The highest BCUT2D eigenvalue weighted by Gasteiger charge is 2.39. The third-order valence-electron chi connectivity index (χ3n) is 6.40. The Balaban J connectivity index is 1.33. The molecule has 2 N–H and O–H groups in total. The van der Waals surface area contributed by atoms with E-state index in [1.54, 1.807) is 11.1 Å². The maximum Gasteiger partial charge on any atom is 0.255 e. The predicted octanol–water partition coefficient (Wildman–Crippen LogP) is 0.989. The van der Waals surface area contributed by atoms with Crippen LogP contribution in [0.1, 0.15) is 45.9 Å². The number of carbonyl (C=O) groups is 3. The predicted molar refractivity (Wildman–Crippen MR) is 113 cm³/mol. The van der Waals surface area contributed by atoms with E-state index in [2.05, 4.69) is 32.7 Å². The van der Waals surface area contributed by atoms with Gasteiger partial charge in [-0.15, -0.1) is 0 Å². The van der Waals surface area contributed by atoms with Gasteiger partial charge in [-0.1, -0.05) is 18.2 Å². The van der Waals surface area contributed by atoms with E-state index in [-0.39, 0.29) is 30.2 Å². The van der Waals surface area contributed by atoms with Gasteiger partial charge in [0.15, 0.2) is 0 Å². The van der Waals surface area contributed by atoms with E-state index in [1.807, 2.05) is 24.4 Å². The lowest BCUT2D eigenvalue weighted by atomic mass is 10.0. The number of piperazine rings is 1. The Hall–Kier alpha value is -3.10. The van der Waals surface area contributed by atoms with Crippen LogP contribution in [0.5, 0.6) is 0 Å². The number of amides is 3. The number of carbonyl (C=O) groups excluding carboxylic acids is 3. The minimum atomic E-state index is -0.579. The Kier molecular flexibility index (Phi) is 5.25. The molecular formula is C23H25N5O3. The van der Waals surface area contributed by atoms with Crippen LogP contribution in [0.25, 0.3) is 0 Å². The molecule has 0 bridgehead atoms. The molecule has 8 nitrogen and oxygen atoms in total. The summed E-state index contributed by atoms with van der Waals surface area (Å²) < 4.78 is 0. The van der Waals surface area contributed by atoms with Crippen molar-refractivity contribution in [3.63, 3.8) is 0 Å². The topological polar surface area (TPSA) is 94.6 Å². The molecule has 3 amide bonds. The lowest BCUT2D eigenvalue weighted by Gasteiger charge is -2.36. The lowest BCUT2D eigenvalue weighted by Crippen LogP contribution is -2.52. The van der Waals surface area contributed by atoms with Crippen molar-refractivity contribution in [3.8, 4) is 0 Å². The van der Waals surface area contributed by atoms with Gasteiger partial charge in [0.1, 0.15) is 6.04 Å². The second kappa shape index (κ2) is 8.20. The van der Waals surface area contributed by atoms with E-state index >= 15 is 0 Å². The Morgan fingerprint density at radius 3 is 2.84 bits per heavy atom. The van der Waals surface area contributed by atoms with Gasteiger partial charge in [-0.05, 0) is 35.2 Å². The molecule has 3 aliphatic rings. The number of imide groups is 1. The van der Waals surface area contributed by atoms with Gasteiger partial charge < -0.3 is 10.2 Å². The monoisotopic (exact) mass is 419 g/mol. The van der Waals surface area contributed by atoms with Crippen LogP contribution in [0.15, 0.2) is 42.7 Å². The molecule has 4 heterocycles. The van der Waals surface area contributed by atoms with E-state index in [0.717, 1.165) is 37.3 Å². The van der Waals surface area contributed by atoms with Crippen LogP contribution in [0.2, 0.25) is 0 Å². The lowest BCUT2D eigenvalue weighted by molar-refractivity contribution is -0.136. The first-order valence-electron chi connectivity index (χ1n) is 10.7. The SMILES string of the molecule is O=C1CCC(N2Cc3cc(CN4CCNCC4c4cccnc4)ccc3C2=O)C(=O)N1. The zero-order valence-corrected chi connectivity index (χ0v) is 17.2. The smallest absolute Gasteiger partial charge is 0.255 e. The second-order valence-corrected chi connectivity index (χ2v) is 8.37. The maximum absolute atomic E-state index is 12.9. The molecule has 0 radical (unpaired) electrons. The molecule has 2 aromatic rings. The molecule has 8 heteroatoms. The summed E-state index contributed by atoms with van der Waals surface area (Å²) in [6, 6.07) is 9.71. The first-order chi connectivity index (χ1) is 15.1. The zero-order chi connectivity index (χ0) is 21.4. The molecule has 0 aliphatic carbocycles. The van der Waals surface area contributed by atoms with Crippen molar-refractivity contribution in [3.05, 3.63) is 65.0 Å². The summed E-state index contributed by atoms with van der Waals surface area (Å²) in [6.45, 7) is 3.92. The van der Waals surface area contributed by atoms with Crippen molar-refractivity contribution in [2.75, 3.05) is 19.6 Å². The Morgan fingerprint density at radius 2 is 2.03 bits per heavy atom. The highest BCUT2D eigenvalue weighted by atomic mass is 16.2. The normalized spacial score (nSPS) is 24.3. The summed E-state index contributed by atoms with van der Waals surface area (Å²) in [4.78, 5) is 44.9. The molecule has 1 aromatic heterocycles. The first kappa shape index (κ1) is 19.8. The number of nitrogens with zero attached hydrogens (tertiary/aromatic N) is 3. The fraction of sp³-hybridized carbons (Fsp3) is 0.391. The standard InChI is InChI=1S/C23H25N5O3/c29-21-6-5-19(22(30)26-21)28-14-17-10-15(3-4-18(17)23(28)31)13-27-9-8-25-12-20(27)16-2-1-7-24-11-16/h1-4,7,10-11,19-20,25H,5-6,8-9,12-14H2,(H,26,29,30). The third kappa shape index (κ3) is 3.84. The van der Waals surface area contributed by atoms with Gasteiger partial charge >= 0.3 is 0 Å². The van der Waals surface area contributed by atoms with Crippen molar-refractivity contribution in [2.24, 2.45) is 0 Å². The number of aromatic nitrogens is 1. The molecule has 0 saturated carbocycles. The molecule has 3 aliphatic heterocycles. The molecule has 2 atom stereocenters. The summed E-state index contributed by atoms with van der Waals surface area (Å²) in [6.07, 6.45) is 4.35. The molecule has 1 aromatic carbocycles. The Bertz CT molecular complexity index is 1030. The fourth-order valence-electron chi connectivity index (χ4n) is 4.80. The average molecular weight is 419 g/mol. The molecular weight excluding hydrogens is 394 g/mol. The fourth-order valence-corrected chi connectivity index (χ4v) is 4.80. The van der Waals surface area contributed by atoms with Crippen molar-refractivity contribution in [1.29, 1.82) is 0 Å². The molecule has 160 valence electrons. The van der Waals surface area contributed by atoms with Gasteiger partial charge in [-0.3, -0.25) is 29.6 Å². The average Bonchev–Trinajstić information content (AvgIpc) is 3.10. The van der Waals surface area contributed by atoms with Gasteiger partial charge in [0.2, 0.25) is 11.8 Å². The number of fused-ring (bicyclic) bond motifs is 1. The number of piperidine rings is 1. The zero-order valence-electron chi connectivity index (χ0n) is 17.2. The van der Waals surface area contributed by atoms with E-state index < -0.39 is 6.04 Å². The minimum Gasteiger partial charge on any atom is -0.322 e. The Labute approximate surface area is 180 Å². The van der Waals surface area contributed by atoms with Crippen LogP contribution in [0.3, 0.4) is 0 Å². The third-order valence-corrected chi connectivity index (χ3v) is 6.40. The number of benzene rings is 1. The number of hydrogen-bond acceptors (Lipinski definition) is 6. The van der Waals surface area contributed by atoms with E-state index in [0.29, 0.717) is 18.5 Å². The van der Waals surface area contributed by atoms with Crippen LogP contribution in [-0.4, -0.2) is 58.2 Å². The van der Waals surface area contributed by atoms with Gasteiger partial charge in [0.25, 0.3) is 5.91 Å². The highest BCUT2D eigenvalue weighted by molar-refractivity contribution is 6.05. The Morgan fingerprint density at radius 1 is 1.13 bits per heavy atom. The summed E-state index contributed by atoms with van der Waals surface area (Å²) in [5.74, 6) is -0.781. The minimum absolute atomic E-state index is 0.133. The summed E-state index contributed by atoms with van der Waals surface area (Å²) >= 11 is 0. The van der Waals surface area contributed by atoms with Crippen molar-refractivity contribution in [1.82, 2.24) is 25.4 Å². The highest BCUT2D eigenvalue weighted by Crippen LogP contribution is 2.30. The quantitative estimate of drug-likeness (QED) is 0.718. The summed E-state index contributed by atoms with van der Waals surface area (Å²) in [5, 5.41) is 5.81. The van der Waals surface area contributed by atoms with Gasteiger partial charge in [0, 0.05) is 63.1 Å². The van der Waals surface area contributed by atoms with Crippen LogP contribution >= 0.6 is 0 Å². The van der Waals surface area contributed by atoms with Gasteiger partial charge in [0.05, 0.1) is 0 Å². The van der Waals surface area contributed by atoms with E-state index in [1.165, 1.54) is 5.56 Å². The van der Waals surface area contributed by atoms with Crippen LogP contribution < -0.4 is 10.6 Å². The number of hydrogen-bond donors (Lipinski definition) is 2. The number of pyridine rings is 1. The molecule has 2 unspecified atom stereocenters. The summed E-state index contributed by atoms with van der Waals surface area (Å²) in [7, 11) is 0. The number of nitrogens with one attached hydrogen (secondary N) is 2. The van der Waals surface area contributed by atoms with Crippen LogP contribution in [0.4, 0.5) is 0 Å². The van der Waals surface area contributed by atoms with Crippen molar-refractivity contribution < 1.29 is 14.4 Å². The molecule has 5 rings (SSSR count). The van der Waals surface area contributed by atoms with Crippen molar-refractivity contribution >= 4 is 17.7 Å². The number of rotatable bonds is 4. The molecule has 2 saturated heterocycles. The molecule has 31 heavy (non-hydrogen) atoms. The van der Waals surface area contributed by atoms with Gasteiger partial charge in [-0.2, -0.15) is 0 Å². The van der Waals surface area contributed by atoms with E-state index in [9.17, 15) is 14.4 Å².